The van der Waals surface area contributed by atoms with Crippen LogP contribution in [0.4, 0.5) is 5.69 Å². The van der Waals surface area contributed by atoms with E-state index in [9.17, 15) is 4.79 Å². The van der Waals surface area contributed by atoms with Crippen molar-refractivity contribution in [3.63, 3.8) is 0 Å². The fraction of sp³-hybridized carbons (Fsp3) is 0.167. The van der Waals surface area contributed by atoms with Gasteiger partial charge in [-0.05, 0) is 73.5 Å². The van der Waals surface area contributed by atoms with Crippen LogP contribution in [0.5, 0.6) is 23.0 Å². The Morgan fingerprint density at radius 3 is 2.63 bits per heavy atom. The van der Waals surface area contributed by atoms with Crippen LogP contribution in [0.1, 0.15) is 18.1 Å². The van der Waals surface area contributed by atoms with Gasteiger partial charge in [-0.25, -0.2) is 0 Å². The zero-order valence-corrected chi connectivity index (χ0v) is 17.2. The number of hydrogen-bond donors (Lipinski definition) is 1. The highest BCUT2D eigenvalue weighted by atomic mass is 16.5. The molecule has 0 aliphatic rings. The van der Waals surface area contributed by atoms with Crippen molar-refractivity contribution in [3.8, 4) is 23.0 Å². The summed E-state index contributed by atoms with van der Waals surface area (Å²) in [5.41, 5.74) is 2.42. The van der Waals surface area contributed by atoms with Crippen molar-refractivity contribution in [1.82, 2.24) is 4.98 Å². The van der Waals surface area contributed by atoms with Crippen LogP contribution in [0.2, 0.25) is 0 Å². The number of rotatable bonds is 8. The molecule has 0 radical (unpaired) electrons. The minimum atomic E-state index is -0.233. The molecule has 3 rings (SSSR count). The fourth-order valence-corrected chi connectivity index (χ4v) is 2.79. The summed E-state index contributed by atoms with van der Waals surface area (Å²) in [5.74, 6) is 2.43. The number of methoxy groups -OCH3 is 1. The Hall–Kier alpha value is -3.80. The number of nitrogens with one attached hydrogen (secondary N) is 1. The normalized spacial score (nSPS) is 10.6. The number of carbonyl (C=O) groups is 1. The molecule has 0 saturated heterocycles. The third-order valence-electron chi connectivity index (χ3n) is 4.22. The lowest BCUT2D eigenvalue weighted by molar-refractivity contribution is -0.111. The number of aryl methyl sites for hydroxylation is 1. The Labute approximate surface area is 176 Å². The molecular formula is C24H24N2O4. The number of anilines is 1. The van der Waals surface area contributed by atoms with E-state index in [1.807, 2.05) is 56.3 Å². The van der Waals surface area contributed by atoms with Gasteiger partial charge in [-0.1, -0.05) is 6.07 Å². The first-order chi connectivity index (χ1) is 14.6. The first-order valence-corrected chi connectivity index (χ1v) is 9.57. The van der Waals surface area contributed by atoms with Crippen LogP contribution in [-0.4, -0.2) is 24.6 Å². The lowest BCUT2D eigenvalue weighted by atomic mass is 10.1. The standard InChI is InChI=1S/C24H24N2O4/c1-4-29-22-10-7-18(15-23(22)28-3)8-12-24(27)26-19-9-11-21(17(2)14-19)30-20-6-5-13-25-16-20/h5-16H,4H2,1-3H3,(H,26,27)/b12-8+. The number of benzene rings is 2. The molecule has 0 fully saturated rings. The SMILES string of the molecule is CCOc1ccc(/C=C/C(=O)Nc2ccc(Oc3cccnc3)c(C)c2)cc1OC. The zero-order chi connectivity index (χ0) is 21.3. The van der Waals surface area contributed by atoms with E-state index >= 15 is 0 Å². The molecule has 1 N–H and O–H groups in total. The molecule has 6 heteroatoms. The summed E-state index contributed by atoms with van der Waals surface area (Å²) >= 11 is 0. The van der Waals surface area contributed by atoms with Gasteiger partial charge >= 0.3 is 0 Å². The first kappa shape index (κ1) is 20.9. The third kappa shape index (κ3) is 5.61. The minimum Gasteiger partial charge on any atom is -0.493 e. The molecule has 0 unspecified atom stereocenters. The van der Waals surface area contributed by atoms with Gasteiger partial charge in [-0.15, -0.1) is 0 Å². The van der Waals surface area contributed by atoms with Crippen LogP contribution in [-0.2, 0) is 4.79 Å². The van der Waals surface area contributed by atoms with Crippen LogP contribution in [0.25, 0.3) is 6.08 Å². The van der Waals surface area contributed by atoms with E-state index in [-0.39, 0.29) is 5.91 Å². The Kier molecular flexibility index (Phi) is 7.05. The molecule has 30 heavy (non-hydrogen) atoms. The number of nitrogens with zero attached hydrogens (tertiary/aromatic N) is 1. The molecule has 0 saturated carbocycles. The van der Waals surface area contributed by atoms with Gasteiger partial charge in [0.1, 0.15) is 11.5 Å². The number of pyridine rings is 1. The van der Waals surface area contributed by atoms with Crippen molar-refractivity contribution in [1.29, 1.82) is 0 Å². The minimum absolute atomic E-state index is 0.233. The van der Waals surface area contributed by atoms with Gasteiger partial charge in [-0.2, -0.15) is 0 Å². The summed E-state index contributed by atoms with van der Waals surface area (Å²) in [5, 5.41) is 2.85. The maximum atomic E-state index is 12.3. The van der Waals surface area contributed by atoms with Crippen molar-refractivity contribution in [2.45, 2.75) is 13.8 Å². The molecule has 0 spiro atoms. The predicted molar refractivity (Wildman–Crippen MR) is 117 cm³/mol. The summed E-state index contributed by atoms with van der Waals surface area (Å²) in [6.07, 6.45) is 6.54. The van der Waals surface area contributed by atoms with Crippen molar-refractivity contribution in [3.05, 3.63) is 78.1 Å². The van der Waals surface area contributed by atoms with Crippen LogP contribution in [0.3, 0.4) is 0 Å². The average Bonchev–Trinajstić information content (AvgIpc) is 2.76. The van der Waals surface area contributed by atoms with E-state index in [1.54, 1.807) is 31.6 Å². The van der Waals surface area contributed by atoms with E-state index in [4.69, 9.17) is 14.2 Å². The monoisotopic (exact) mass is 404 g/mol. The molecule has 154 valence electrons. The lowest BCUT2D eigenvalue weighted by Gasteiger charge is -2.10. The molecule has 6 nitrogen and oxygen atoms in total. The molecule has 1 amide bonds. The molecule has 1 aromatic heterocycles. The molecule has 2 aromatic carbocycles. The van der Waals surface area contributed by atoms with Crippen molar-refractivity contribution in [2.75, 3.05) is 19.0 Å². The smallest absolute Gasteiger partial charge is 0.248 e. The van der Waals surface area contributed by atoms with Crippen LogP contribution in [0.15, 0.2) is 67.0 Å². The zero-order valence-electron chi connectivity index (χ0n) is 17.2. The Bertz CT molecular complexity index is 1030. The predicted octanol–water partition coefficient (Wildman–Crippen LogP) is 5.24. The molecule has 0 bridgehead atoms. The third-order valence-corrected chi connectivity index (χ3v) is 4.22. The van der Waals surface area contributed by atoms with Gasteiger partial charge in [0.2, 0.25) is 5.91 Å². The fourth-order valence-electron chi connectivity index (χ4n) is 2.79. The van der Waals surface area contributed by atoms with E-state index in [1.165, 1.54) is 6.08 Å². The quantitative estimate of drug-likeness (QED) is 0.520. The summed E-state index contributed by atoms with van der Waals surface area (Å²) < 4.78 is 16.6. The van der Waals surface area contributed by atoms with E-state index < -0.39 is 0 Å². The molecular weight excluding hydrogens is 380 g/mol. The topological polar surface area (TPSA) is 69.7 Å². The van der Waals surface area contributed by atoms with Gasteiger partial charge in [0.25, 0.3) is 0 Å². The van der Waals surface area contributed by atoms with Crippen molar-refractivity contribution in [2.24, 2.45) is 0 Å². The Morgan fingerprint density at radius 1 is 1.10 bits per heavy atom. The second-order valence-corrected chi connectivity index (χ2v) is 6.44. The summed E-state index contributed by atoms with van der Waals surface area (Å²) in [4.78, 5) is 16.3. The van der Waals surface area contributed by atoms with E-state index in [0.717, 1.165) is 11.1 Å². The molecule has 0 aliphatic carbocycles. The van der Waals surface area contributed by atoms with Gasteiger partial charge in [-0.3, -0.25) is 9.78 Å². The lowest BCUT2D eigenvalue weighted by Crippen LogP contribution is -2.07. The summed E-state index contributed by atoms with van der Waals surface area (Å²) in [7, 11) is 1.59. The number of aromatic nitrogens is 1. The number of carbonyl (C=O) groups excluding carboxylic acids is 1. The van der Waals surface area contributed by atoms with Gasteiger partial charge in [0, 0.05) is 18.0 Å². The highest BCUT2D eigenvalue weighted by Crippen LogP contribution is 2.29. The highest BCUT2D eigenvalue weighted by molar-refractivity contribution is 6.02. The molecule has 0 atom stereocenters. The van der Waals surface area contributed by atoms with Crippen molar-refractivity contribution >= 4 is 17.7 Å². The second kappa shape index (κ2) is 10.1. The molecule has 0 aliphatic heterocycles. The maximum Gasteiger partial charge on any atom is 0.248 e. The maximum absolute atomic E-state index is 12.3. The first-order valence-electron chi connectivity index (χ1n) is 9.57. The summed E-state index contributed by atoms with van der Waals surface area (Å²) in [6, 6.07) is 14.6. The van der Waals surface area contributed by atoms with Gasteiger partial charge in [0.15, 0.2) is 11.5 Å². The second-order valence-electron chi connectivity index (χ2n) is 6.44. The average molecular weight is 404 g/mol. The van der Waals surface area contributed by atoms with Crippen LogP contribution >= 0.6 is 0 Å². The molecule has 1 heterocycles. The van der Waals surface area contributed by atoms with Gasteiger partial charge in [0.05, 0.1) is 19.9 Å². The summed E-state index contributed by atoms with van der Waals surface area (Å²) in [6.45, 7) is 4.39. The Morgan fingerprint density at radius 2 is 1.93 bits per heavy atom. The van der Waals surface area contributed by atoms with Gasteiger partial charge < -0.3 is 19.5 Å². The van der Waals surface area contributed by atoms with Crippen LogP contribution < -0.4 is 19.5 Å². The van der Waals surface area contributed by atoms with E-state index in [2.05, 4.69) is 10.3 Å². The number of hydrogen-bond acceptors (Lipinski definition) is 5. The van der Waals surface area contributed by atoms with Crippen LogP contribution in [0, 0.1) is 6.92 Å². The largest absolute Gasteiger partial charge is 0.493 e. The molecule has 3 aromatic rings. The number of ether oxygens (including phenoxy) is 3. The Balaban J connectivity index is 1.64. The van der Waals surface area contributed by atoms with Crippen molar-refractivity contribution < 1.29 is 19.0 Å². The number of amides is 1. The highest BCUT2D eigenvalue weighted by Gasteiger charge is 2.06. The van der Waals surface area contributed by atoms with E-state index in [0.29, 0.717) is 35.3 Å².